The summed E-state index contributed by atoms with van der Waals surface area (Å²) in [5.74, 6) is 0. The Morgan fingerprint density at radius 1 is 1.15 bits per heavy atom. The number of hydrogen-bond acceptors (Lipinski definition) is 3. The molecule has 3 heteroatoms. The summed E-state index contributed by atoms with van der Waals surface area (Å²) in [5, 5.41) is 3.31. The lowest BCUT2D eigenvalue weighted by molar-refractivity contribution is 0.567. The number of aromatic nitrogens is 1. The second-order valence-electron chi connectivity index (χ2n) is 6.53. The first-order valence-electron chi connectivity index (χ1n) is 7.10. The van der Waals surface area contributed by atoms with Gasteiger partial charge in [0.05, 0.1) is 10.7 Å². The van der Waals surface area contributed by atoms with E-state index in [1.165, 1.54) is 16.8 Å². The smallest absolute Gasteiger partial charge is 0.0944 e. The van der Waals surface area contributed by atoms with Gasteiger partial charge in [-0.2, -0.15) is 0 Å². The molecule has 0 aliphatic carbocycles. The first-order valence-corrected chi connectivity index (χ1v) is 7.98. The van der Waals surface area contributed by atoms with Gasteiger partial charge in [0.2, 0.25) is 0 Å². The van der Waals surface area contributed by atoms with Crippen LogP contribution in [0.4, 0.5) is 0 Å². The first-order chi connectivity index (χ1) is 9.34. The van der Waals surface area contributed by atoms with E-state index in [0.717, 1.165) is 17.8 Å². The molecule has 1 aromatic carbocycles. The van der Waals surface area contributed by atoms with Crippen LogP contribution in [0.1, 0.15) is 42.6 Å². The molecule has 2 aromatic rings. The molecule has 2 rings (SSSR count). The van der Waals surface area contributed by atoms with Crippen LogP contribution in [-0.4, -0.2) is 11.0 Å². The molecule has 1 atom stereocenters. The molecule has 0 saturated carbocycles. The average molecular weight is 288 g/mol. The summed E-state index contributed by atoms with van der Waals surface area (Å²) >= 11 is 1.73. The highest BCUT2D eigenvalue weighted by atomic mass is 32.1. The van der Waals surface area contributed by atoms with E-state index in [1.54, 1.807) is 11.3 Å². The molecule has 1 aromatic heterocycles. The van der Waals surface area contributed by atoms with Gasteiger partial charge in [-0.15, -0.1) is 11.3 Å². The van der Waals surface area contributed by atoms with Crippen LogP contribution in [0.5, 0.6) is 0 Å². The summed E-state index contributed by atoms with van der Waals surface area (Å²) in [7, 11) is 0. The van der Waals surface area contributed by atoms with Crippen LogP contribution in [0.2, 0.25) is 0 Å². The third-order valence-corrected chi connectivity index (χ3v) is 4.25. The Labute approximate surface area is 126 Å². The Morgan fingerprint density at radius 2 is 1.80 bits per heavy atom. The van der Waals surface area contributed by atoms with Gasteiger partial charge in [0.15, 0.2) is 0 Å². The molecular formula is C17H24N2S. The van der Waals surface area contributed by atoms with Crippen molar-refractivity contribution in [2.75, 3.05) is 0 Å². The summed E-state index contributed by atoms with van der Waals surface area (Å²) in [5.41, 5.74) is 10.1. The van der Waals surface area contributed by atoms with Gasteiger partial charge in [-0.05, 0) is 18.9 Å². The van der Waals surface area contributed by atoms with E-state index in [4.69, 9.17) is 10.7 Å². The Bertz CT molecular complexity index is 549. The number of nitrogens with zero attached hydrogens (tertiary/aromatic N) is 1. The van der Waals surface area contributed by atoms with Gasteiger partial charge >= 0.3 is 0 Å². The standard InChI is InChI=1S/C17H24N2S/c1-12-5-7-13(8-6-12)9-14(18)10-16-19-15(11-20-16)17(2,3)4/h5-8,11,14H,9-10,18H2,1-4H3. The predicted molar refractivity (Wildman–Crippen MR) is 87.4 cm³/mol. The topological polar surface area (TPSA) is 38.9 Å². The molecule has 0 aliphatic heterocycles. The van der Waals surface area contributed by atoms with Crippen molar-refractivity contribution in [3.8, 4) is 0 Å². The Balaban J connectivity index is 1.96. The minimum atomic E-state index is 0.121. The van der Waals surface area contributed by atoms with Gasteiger partial charge in [-0.3, -0.25) is 0 Å². The second kappa shape index (κ2) is 6.06. The van der Waals surface area contributed by atoms with Crippen molar-refractivity contribution in [3.63, 3.8) is 0 Å². The quantitative estimate of drug-likeness (QED) is 0.927. The molecule has 0 radical (unpaired) electrons. The third-order valence-electron chi connectivity index (χ3n) is 3.38. The molecular weight excluding hydrogens is 264 g/mol. The lowest BCUT2D eigenvalue weighted by atomic mass is 9.93. The molecule has 2 nitrogen and oxygen atoms in total. The minimum absolute atomic E-state index is 0.121. The molecule has 20 heavy (non-hydrogen) atoms. The molecule has 108 valence electrons. The van der Waals surface area contributed by atoms with Crippen molar-refractivity contribution in [2.24, 2.45) is 5.73 Å². The summed E-state index contributed by atoms with van der Waals surface area (Å²) < 4.78 is 0. The van der Waals surface area contributed by atoms with Crippen molar-refractivity contribution in [1.29, 1.82) is 0 Å². The van der Waals surface area contributed by atoms with E-state index in [2.05, 4.69) is 57.3 Å². The highest BCUT2D eigenvalue weighted by Gasteiger charge is 2.18. The second-order valence-corrected chi connectivity index (χ2v) is 7.47. The molecule has 0 spiro atoms. The zero-order valence-electron chi connectivity index (χ0n) is 12.8. The number of aryl methyl sites for hydroxylation is 1. The lowest BCUT2D eigenvalue weighted by Crippen LogP contribution is -2.25. The molecule has 0 saturated heterocycles. The van der Waals surface area contributed by atoms with Crippen LogP contribution in [0.15, 0.2) is 29.6 Å². The summed E-state index contributed by atoms with van der Waals surface area (Å²) in [6.45, 7) is 8.68. The van der Waals surface area contributed by atoms with Gasteiger partial charge < -0.3 is 5.73 Å². The molecule has 1 heterocycles. The normalized spacial score (nSPS) is 13.4. The maximum Gasteiger partial charge on any atom is 0.0944 e. The van der Waals surface area contributed by atoms with E-state index < -0.39 is 0 Å². The van der Waals surface area contributed by atoms with Crippen molar-refractivity contribution in [2.45, 2.75) is 52.0 Å². The maximum atomic E-state index is 6.26. The Morgan fingerprint density at radius 3 is 2.35 bits per heavy atom. The number of thiazole rings is 1. The monoisotopic (exact) mass is 288 g/mol. The molecule has 1 unspecified atom stereocenters. The average Bonchev–Trinajstić information content (AvgIpc) is 2.80. The Kier molecular flexibility index (Phi) is 4.61. The van der Waals surface area contributed by atoms with E-state index in [-0.39, 0.29) is 11.5 Å². The van der Waals surface area contributed by atoms with Crippen molar-refractivity contribution < 1.29 is 0 Å². The number of benzene rings is 1. The predicted octanol–water partition coefficient (Wildman–Crippen LogP) is 3.86. The van der Waals surface area contributed by atoms with Crippen LogP contribution in [-0.2, 0) is 18.3 Å². The van der Waals surface area contributed by atoms with Crippen molar-refractivity contribution in [3.05, 3.63) is 51.5 Å². The van der Waals surface area contributed by atoms with Gasteiger partial charge in [-0.1, -0.05) is 50.6 Å². The number of hydrogen-bond donors (Lipinski definition) is 1. The maximum absolute atomic E-state index is 6.26. The van der Waals surface area contributed by atoms with E-state index >= 15 is 0 Å². The highest BCUT2D eigenvalue weighted by molar-refractivity contribution is 7.09. The van der Waals surface area contributed by atoms with Crippen LogP contribution >= 0.6 is 11.3 Å². The SMILES string of the molecule is Cc1ccc(CC(N)Cc2nc(C(C)(C)C)cs2)cc1. The van der Waals surface area contributed by atoms with Gasteiger partial charge in [0.1, 0.15) is 0 Å². The van der Waals surface area contributed by atoms with Crippen LogP contribution < -0.4 is 5.73 Å². The lowest BCUT2D eigenvalue weighted by Gasteiger charge is -2.14. The fraction of sp³-hybridized carbons (Fsp3) is 0.471. The zero-order valence-corrected chi connectivity index (χ0v) is 13.6. The fourth-order valence-electron chi connectivity index (χ4n) is 2.07. The van der Waals surface area contributed by atoms with Crippen molar-refractivity contribution in [1.82, 2.24) is 4.98 Å². The van der Waals surface area contributed by atoms with E-state index in [0.29, 0.717) is 0 Å². The number of rotatable bonds is 4. The molecule has 0 amide bonds. The Hall–Kier alpha value is -1.19. The minimum Gasteiger partial charge on any atom is -0.327 e. The van der Waals surface area contributed by atoms with E-state index in [1.807, 2.05) is 0 Å². The third kappa shape index (κ3) is 4.15. The zero-order chi connectivity index (χ0) is 14.8. The van der Waals surface area contributed by atoms with Crippen LogP contribution in [0.3, 0.4) is 0 Å². The summed E-state index contributed by atoms with van der Waals surface area (Å²) in [4.78, 5) is 4.72. The largest absolute Gasteiger partial charge is 0.327 e. The molecule has 0 fully saturated rings. The molecule has 2 N–H and O–H groups in total. The molecule has 0 aliphatic rings. The van der Waals surface area contributed by atoms with Gasteiger partial charge in [-0.25, -0.2) is 4.98 Å². The number of nitrogens with two attached hydrogens (primary N) is 1. The first kappa shape index (κ1) is 15.2. The fourth-order valence-corrected chi connectivity index (χ4v) is 3.19. The summed E-state index contributed by atoms with van der Waals surface area (Å²) in [6, 6.07) is 8.75. The summed E-state index contributed by atoms with van der Waals surface area (Å²) in [6.07, 6.45) is 1.76. The van der Waals surface area contributed by atoms with Gasteiger partial charge in [0.25, 0.3) is 0 Å². The van der Waals surface area contributed by atoms with Crippen LogP contribution in [0.25, 0.3) is 0 Å². The van der Waals surface area contributed by atoms with Crippen LogP contribution in [0, 0.1) is 6.92 Å². The molecule has 0 bridgehead atoms. The van der Waals surface area contributed by atoms with E-state index in [9.17, 15) is 0 Å². The van der Waals surface area contributed by atoms with Gasteiger partial charge in [0, 0.05) is 23.3 Å². The highest BCUT2D eigenvalue weighted by Crippen LogP contribution is 2.24. The van der Waals surface area contributed by atoms with Crippen molar-refractivity contribution >= 4 is 11.3 Å².